The number of carbonyl (C=O) groups is 1. The monoisotopic (exact) mass is 272 g/mol. The van der Waals surface area contributed by atoms with E-state index in [2.05, 4.69) is 27.5 Å². The van der Waals surface area contributed by atoms with Gasteiger partial charge in [-0.1, -0.05) is 57.2 Å². The third-order valence-electron chi connectivity index (χ3n) is 2.67. The van der Waals surface area contributed by atoms with Crippen LogP contribution < -0.4 is 0 Å². The van der Waals surface area contributed by atoms with E-state index in [1.165, 1.54) is 25.7 Å². The molecule has 0 spiro atoms. The summed E-state index contributed by atoms with van der Waals surface area (Å²) in [6.45, 7) is 2.18. The number of aromatic nitrogens is 4. The van der Waals surface area contributed by atoms with Gasteiger partial charge in [-0.15, -0.1) is 10.2 Å². The Morgan fingerprint density at radius 2 is 2.06 bits per heavy atom. The van der Waals surface area contributed by atoms with E-state index in [0.717, 1.165) is 24.6 Å². The normalized spacial score (nSPS) is 12.5. The van der Waals surface area contributed by atoms with Gasteiger partial charge in [0.2, 0.25) is 5.16 Å². The van der Waals surface area contributed by atoms with Gasteiger partial charge < -0.3 is 5.11 Å². The van der Waals surface area contributed by atoms with Gasteiger partial charge in [-0.2, -0.15) is 5.21 Å². The Hall–Kier alpha value is -1.11. The van der Waals surface area contributed by atoms with Gasteiger partial charge in [-0.3, -0.25) is 4.79 Å². The van der Waals surface area contributed by atoms with Crippen molar-refractivity contribution < 1.29 is 9.90 Å². The number of carboxylic acid groups (broad SMARTS) is 1. The Bertz CT molecular complexity index is 332. The van der Waals surface area contributed by atoms with Gasteiger partial charge in [-0.05, 0) is 11.6 Å². The van der Waals surface area contributed by atoms with Crippen LogP contribution in [0.25, 0.3) is 0 Å². The minimum atomic E-state index is -0.807. The van der Waals surface area contributed by atoms with Crippen LogP contribution in [0.3, 0.4) is 0 Å². The highest BCUT2D eigenvalue weighted by molar-refractivity contribution is 8.00. The molecule has 0 radical (unpaired) electrons. The van der Waals surface area contributed by atoms with E-state index < -0.39 is 11.2 Å². The highest BCUT2D eigenvalue weighted by Gasteiger charge is 2.20. The molecule has 0 aliphatic rings. The molecule has 1 aromatic heterocycles. The number of nitrogens with zero attached hydrogens (tertiary/aromatic N) is 3. The summed E-state index contributed by atoms with van der Waals surface area (Å²) >= 11 is 1.16. The van der Waals surface area contributed by atoms with Crippen LogP contribution in [0.5, 0.6) is 0 Å². The van der Waals surface area contributed by atoms with E-state index >= 15 is 0 Å². The Morgan fingerprint density at radius 3 is 2.67 bits per heavy atom. The van der Waals surface area contributed by atoms with Gasteiger partial charge in [-0.25, -0.2) is 0 Å². The summed E-state index contributed by atoms with van der Waals surface area (Å²) in [4.78, 5) is 11.1. The molecular formula is C11H20N4O2S. The molecule has 0 amide bonds. The number of hydrogen-bond donors (Lipinski definition) is 2. The molecule has 1 aromatic rings. The van der Waals surface area contributed by atoms with E-state index in [-0.39, 0.29) is 0 Å². The fourth-order valence-electron chi connectivity index (χ4n) is 1.67. The molecule has 7 heteroatoms. The van der Waals surface area contributed by atoms with Crippen molar-refractivity contribution in [3.63, 3.8) is 0 Å². The molecule has 2 N–H and O–H groups in total. The predicted octanol–water partition coefficient (Wildman–Crippen LogP) is 2.50. The molecule has 0 fully saturated rings. The second kappa shape index (κ2) is 8.91. The molecule has 0 aromatic carbocycles. The second-order valence-electron chi connectivity index (χ2n) is 4.20. The number of H-pyrrole nitrogens is 1. The lowest BCUT2D eigenvalue weighted by Gasteiger charge is -2.08. The maximum absolute atomic E-state index is 11.1. The van der Waals surface area contributed by atoms with Crippen LogP contribution >= 0.6 is 11.8 Å². The Kier molecular flexibility index (Phi) is 7.40. The summed E-state index contributed by atoms with van der Waals surface area (Å²) in [5, 5.41) is 22.3. The molecule has 6 nitrogen and oxygen atoms in total. The van der Waals surface area contributed by atoms with E-state index in [1.54, 1.807) is 0 Å². The summed E-state index contributed by atoms with van der Waals surface area (Å²) in [6.07, 6.45) is 7.60. The van der Waals surface area contributed by atoms with E-state index in [4.69, 9.17) is 5.11 Å². The van der Waals surface area contributed by atoms with Crippen molar-refractivity contribution in [2.45, 2.75) is 62.3 Å². The topological polar surface area (TPSA) is 91.8 Å². The summed E-state index contributed by atoms with van der Waals surface area (Å²) in [6, 6.07) is 0. The van der Waals surface area contributed by atoms with Crippen LogP contribution in [-0.4, -0.2) is 36.9 Å². The fraction of sp³-hybridized carbons (Fsp3) is 0.818. The van der Waals surface area contributed by atoms with Crippen molar-refractivity contribution in [2.75, 3.05) is 0 Å². The van der Waals surface area contributed by atoms with Crippen molar-refractivity contribution in [1.82, 2.24) is 20.6 Å². The predicted molar refractivity (Wildman–Crippen MR) is 69.5 cm³/mol. The zero-order valence-corrected chi connectivity index (χ0v) is 11.4. The molecule has 102 valence electrons. The van der Waals surface area contributed by atoms with Crippen molar-refractivity contribution in [3.8, 4) is 0 Å². The fourth-order valence-corrected chi connectivity index (χ4v) is 2.49. The molecule has 0 aliphatic carbocycles. The van der Waals surface area contributed by atoms with Crippen LogP contribution in [0.15, 0.2) is 5.16 Å². The zero-order valence-electron chi connectivity index (χ0n) is 10.6. The Morgan fingerprint density at radius 1 is 1.33 bits per heavy atom. The quantitative estimate of drug-likeness (QED) is 0.502. The number of thioether (sulfide) groups is 1. The molecule has 18 heavy (non-hydrogen) atoms. The highest BCUT2D eigenvalue weighted by atomic mass is 32.2. The van der Waals surface area contributed by atoms with Gasteiger partial charge in [0.05, 0.1) is 0 Å². The van der Waals surface area contributed by atoms with Crippen LogP contribution in [0.2, 0.25) is 0 Å². The van der Waals surface area contributed by atoms with Crippen LogP contribution in [0.1, 0.15) is 51.9 Å². The largest absolute Gasteiger partial charge is 0.480 e. The summed E-state index contributed by atoms with van der Waals surface area (Å²) < 4.78 is 0. The molecule has 0 bridgehead atoms. The first-order valence-electron chi connectivity index (χ1n) is 6.37. The molecule has 1 unspecified atom stereocenters. The van der Waals surface area contributed by atoms with Gasteiger partial charge in [0.15, 0.2) is 0 Å². The number of unbranched alkanes of at least 4 members (excludes halogenated alkanes) is 5. The number of nitrogens with one attached hydrogen (secondary N) is 1. The average molecular weight is 272 g/mol. The third-order valence-corrected chi connectivity index (χ3v) is 3.77. The number of hydrogen-bond acceptors (Lipinski definition) is 5. The number of rotatable bonds is 10. The van der Waals surface area contributed by atoms with Gasteiger partial charge in [0, 0.05) is 0 Å². The van der Waals surface area contributed by atoms with Crippen LogP contribution in [-0.2, 0) is 4.79 Å². The third kappa shape index (κ3) is 6.00. The van der Waals surface area contributed by atoms with Gasteiger partial charge >= 0.3 is 5.97 Å². The molecule has 1 atom stereocenters. The van der Waals surface area contributed by atoms with E-state index in [1.807, 2.05) is 0 Å². The van der Waals surface area contributed by atoms with Crippen LogP contribution in [0.4, 0.5) is 0 Å². The first-order chi connectivity index (χ1) is 8.74. The maximum atomic E-state index is 11.1. The standard InChI is InChI=1S/C11H20N4O2S/c1-2-3-4-5-6-7-8-9(10(16)17)18-11-12-14-15-13-11/h9H,2-8H2,1H3,(H,16,17)(H,12,13,14,15). The number of tetrazole rings is 1. The van der Waals surface area contributed by atoms with Crippen molar-refractivity contribution in [1.29, 1.82) is 0 Å². The summed E-state index contributed by atoms with van der Waals surface area (Å²) in [5.74, 6) is -0.807. The minimum Gasteiger partial charge on any atom is -0.480 e. The Balaban J connectivity index is 2.20. The first kappa shape index (κ1) is 14.9. The molecular weight excluding hydrogens is 252 g/mol. The van der Waals surface area contributed by atoms with Gasteiger partial charge in [0.1, 0.15) is 5.25 Å². The number of aliphatic carboxylic acids is 1. The summed E-state index contributed by atoms with van der Waals surface area (Å²) in [5.41, 5.74) is 0. The van der Waals surface area contributed by atoms with E-state index in [0.29, 0.717) is 11.6 Å². The van der Waals surface area contributed by atoms with E-state index in [9.17, 15) is 4.79 Å². The average Bonchev–Trinajstić information content (AvgIpc) is 2.84. The van der Waals surface area contributed by atoms with Crippen molar-refractivity contribution >= 4 is 17.7 Å². The molecule has 0 saturated carbocycles. The van der Waals surface area contributed by atoms with Crippen LogP contribution in [0, 0.1) is 0 Å². The number of carboxylic acids is 1. The van der Waals surface area contributed by atoms with Crippen molar-refractivity contribution in [3.05, 3.63) is 0 Å². The lowest BCUT2D eigenvalue weighted by Crippen LogP contribution is -2.16. The summed E-state index contributed by atoms with van der Waals surface area (Å²) in [7, 11) is 0. The zero-order chi connectivity index (χ0) is 13.2. The Labute approximate surface area is 111 Å². The minimum absolute atomic E-state index is 0.397. The SMILES string of the molecule is CCCCCCCCC(Sc1nn[nH]n1)C(=O)O. The maximum Gasteiger partial charge on any atom is 0.317 e. The molecule has 0 saturated heterocycles. The van der Waals surface area contributed by atoms with Gasteiger partial charge in [0.25, 0.3) is 0 Å². The lowest BCUT2D eigenvalue weighted by atomic mass is 10.1. The molecule has 0 aliphatic heterocycles. The lowest BCUT2D eigenvalue weighted by molar-refractivity contribution is -0.136. The first-order valence-corrected chi connectivity index (χ1v) is 7.25. The molecule has 1 heterocycles. The second-order valence-corrected chi connectivity index (χ2v) is 5.37. The van der Waals surface area contributed by atoms with Crippen molar-refractivity contribution in [2.24, 2.45) is 0 Å². The highest BCUT2D eigenvalue weighted by Crippen LogP contribution is 2.23. The number of aromatic amines is 1. The molecule has 1 rings (SSSR count). The smallest absolute Gasteiger partial charge is 0.317 e.